The summed E-state index contributed by atoms with van der Waals surface area (Å²) < 4.78 is 12.8. The standard InChI is InChI=1S/C32H44N2O3/c1-3-5-18-36-22-32(23-37-19-6-4-2)26-16-17-34(21-24-12-8-7-9-13-24)28(20-29(26)35)30-25-14-10-11-15-27(25)33-31(30)32/h7-15,26,28-29,33,35H,3-6,16-23H2,1-2H3. The molecule has 0 amide bonds. The van der Waals surface area contributed by atoms with Crippen molar-refractivity contribution in [1.29, 1.82) is 0 Å². The minimum absolute atomic E-state index is 0.0633. The highest BCUT2D eigenvalue weighted by Gasteiger charge is 2.53. The maximum atomic E-state index is 11.8. The van der Waals surface area contributed by atoms with Crippen LogP contribution in [0.25, 0.3) is 10.9 Å². The van der Waals surface area contributed by atoms with Gasteiger partial charge < -0.3 is 19.6 Å². The number of likely N-dealkylation sites (tertiary alicyclic amines) is 1. The molecular formula is C32H44N2O3. The van der Waals surface area contributed by atoms with Crippen LogP contribution >= 0.6 is 0 Å². The predicted molar refractivity (Wildman–Crippen MR) is 150 cm³/mol. The summed E-state index contributed by atoms with van der Waals surface area (Å²) in [6.07, 6.45) is 5.57. The molecule has 1 saturated heterocycles. The van der Waals surface area contributed by atoms with Crippen LogP contribution in [0.5, 0.6) is 0 Å². The van der Waals surface area contributed by atoms with Crippen LogP contribution in [-0.2, 0) is 21.4 Å². The molecule has 2 bridgehead atoms. The molecule has 5 rings (SSSR count). The number of benzene rings is 2. The first-order valence-electron chi connectivity index (χ1n) is 14.4. The Morgan fingerprint density at radius 2 is 1.62 bits per heavy atom. The normalized spacial score (nSPS) is 23.2. The predicted octanol–water partition coefficient (Wildman–Crippen LogP) is 6.37. The molecule has 3 atom stereocenters. The Bertz CT molecular complexity index is 1120. The molecule has 2 N–H and O–H groups in total. The van der Waals surface area contributed by atoms with Crippen molar-refractivity contribution in [2.75, 3.05) is 33.0 Å². The molecule has 1 fully saturated rings. The van der Waals surface area contributed by atoms with Gasteiger partial charge >= 0.3 is 0 Å². The number of para-hydroxylation sites is 1. The van der Waals surface area contributed by atoms with Gasteiger partial charge in [0, 0.05) is 48.3 Å². The van der Waals surface area contributed by atoms with E-state index in [0.717, 1.165) is 64.8 Å². The monoisotopic (exact) mass is 504 g/mol. The first kappa shape index (κ1) is 26.4. The van der Waals surface area contributed by atoms with E-state index >= 15 is 0 Å². The lowest BCUT2D eigenvalue weighted by Gasteiger charge is -2.43. The van der Waals surface area contributed by atoms with Gasteiger partial charge in [0.05, 0.1) is 24.7 Å². The number of nitrogens with one attached hydrogen (secondary N) is 1. The zero-order valence-corrected chi connectivity index (χ0v) is 22.6. The van der Waals surface area contributed by atoms with Crippen molar-refractivity contribution in [3.05, 3.63) is 71.4 Å². The molecule has 5 heteroatoms. The van der Waals surface area contributed by atoms with Crippen LogP contribution in [0, 0.1) is 5.92 Å². The Hall–Kier alpha value is -2.18. The average molecular weight is 505 g/mol. The van der Waals surface area contributed by atoms with Crippen molar-refractivity contribution in [1.82, 2.24) is 9.88 Å². The first-order valence-corrected chi connectivity index (χ1v) is 14.4. The highest BCUT2D eigenvalue weighted by molar-refractivity contribution is 5.86. The lowest BCUT2D eigenvalue weighted by atomic mass is 9.69. The zero-order valence-electron chi connectivity index (χ0n) is 22.6. The summed E-state index contributed by atoms with van der Waals surface area (Å²) >= 11 is 0. The maximum Gasteiger partial charge on any atom is 0.0627 e. The lowest BCUT2D eigenvalue weighted by Crippen LogP contribution is -2.49. The number of aliphatic hydroxyl groups excluding tert-OH is 1. The minimum atomic E-state index is -0.408. The molecule has 0 spiro atoms. The van der Waals surface area contributed by atoms with E-state index in [2.05, 4.69) is 78.3 Å². The average Bonchev–Trinajstić information content (AvgIpc) is 3.18. The Balaban J connectivity index is 1.61. The molecule has 0 radical (unpaired) electrons. The van der Waals surface area contributed by atoms with Gasteiger partial charge in [-0.25, -0.2) is 0 Å². The van der Waals surface area contributed by atoms with E-state index in [9.17, 15) is 5.11 Å². The van der Waals surface area contributed by atoms with Crippen LogP contribution in [0.1, 0.15) is 75.2 Å². The van der Waals surface area contributed by atoms with Crippen molar-refractivity contribution in [2.24, 2.45) is 5.92 Å². The molecule has 2 aromatic carbocycles. The molecule has 3 unspecified atom stereocenters. The van der Waals surface area contributed by atoms with Crippen molar-refractivity contribution in [3.8, 4) is 0 Å². The van der Waals surface area contributed by atoms with Crippen molar-refractivity contribution in [2.45, 2.75) is 76.5 Å². The third-order valence-corrected chi connectivity index (χ3v) is 8.62. The second-order valence-corrected chi connectivity index (χ2v) is 11.1. The summed E-state index contributed by atoms with van der Waals surface area (Å²) in [5, 5.41) is 13.1. The topological polar surface area (TPSA) is 57.7 Å². The van der Waals surface area contributed by atoms with Gasteiger partial charge in [-0.2, -0.15) is 0 Å². The van der Waals surface area contributed by atoms with Crippen LogP contribution in [-0.4, -0.2) is 54.1 Å². The second-order valence-electron chi connectivity index (χ2n) is 11.1. The number of unbranched alkanes of at least 4 members (excludes halogenated alkanes) is 2. The van der Waals surface area contributed by atoms with Gasteiger partial charge in [-0.05, 0) is 49.4 Å². The zero-order chi connectivity index (χ0) is 25.7. The molecule has 1 aliphatic carbocycles. The third-order valence-electron chi connectivity index (χ3n) is 8.62. The summed E-state index contributed by atoms with van der Waals surface area (Å²) in [6, 6.07) is 19.6. The fraction of sp³-hybridized carbons (Fsp3) is 0.562. The molecule has 200 valence electrons. The van der Waals surface area contributed by atoms with Gasteiger partial charge in [0.2, 0.25) is 0 Å². The number of H-pyrrole nitrogens is 1. The highest BCUT2D eigenvalue weighted by atomic mass is 16.5. The van der Waals surface area contributed by atoms with Crippen molar-refractivity contribution in [3.63, 3.8) is 0 Å². The molecule has 2 aliphatic rings. The van der Waals surface area contributed by atoms with Crippen LogP contribution in [0.3, 0.4) is 0 Å². The lowest BCUT2D eigenvalue weighted by molar-refractivity contribution is -0.0467. The number of aromatic amines is 1. The van der Waals surface area contributed by atoms with Crippen LogP contribution in [0.4, 0.5) is 0 Å². The fourth-order valence-corrected chi connectivity index (χ4v) is 6.64. The van der Waals surface area contributed by atoms with Gasteiger partial charge in [0.15, 0.2) is 0 Å². The van der Waals surface area contributed by atoms with Crippen molar-refractivity contribution >= 4 is 10.9 Å². The SMILES string of the molecule is CCCCOCC1(COCCCC)c2[nH]c3ccccc3c2C2CC(O)C1CCN2Cc1ccccc1. The number of hydrogen-bond donors (Lipinski definition) is 2. The van der Waals surface area contributed by atoms with E-state index in [1.54, 1.807) is 0 Å². The quantitative estimate of drug-likeness (QED) is 0.282. The number of nitrogens with zero attached hydrogens (tertiary/aromatic N) is 1. The largest absolute Gasteiger partial charge is 0.393 e. The van der Waals surface area contributed by atoms with E-state index in [4.69, 9.17) is 9.47 Å². The molecule has 5 nitrogen and oxygen atoms in total. The summed E-state index contributed by atoms with van der Waals surface area (Å²) in [5.74, 6) is 0.0633. The number of hydrogen-bond acceptors (Lipinski definition) is 4. The molecule has 0 saturated carbocycles. The third kappa shape index (κ3) is 5.37. The van der Waals surface area contributed by atoms with E-state index in [1.807, 2.05) is 0 Å². The fourth-order valence-electron chi connectivity index (χ4n) is 6.64. The Morgan fingerprint density at radius 1 is 0.946 bits per heavy atom. The second kappa shape index (κ2) is 12.1. The van der Waals surface area contributed by atoms with Gasteiger partial charge in [-0.1, -0.05) is 75.2 Å². The Morgan fingerprint density at radius 3 is 2.32 bits per heavy atom. The molecule has 1 aromatic heterocycles. The van der Waals surface area contributed by atoms with E-state index in [0.29, 0.717) is 13.2 Å². The number of ether oxygens (including phenoxy) is 2. The molecule has 2 heterocycles. The number of aliphatic hydroxyl groups is 1. The van der Waals surface area contributed by atoms with Gasteiger partial charge in [0.1, 0.15) is 0 Å². The maximum absolute atomic E-state index is 11.8. The van der Waals surface area contributed by atoms with Crippen molar-refractivity contribution < 1.29 is 14.6 Å². The highest BCUT2D eigenvalue weighted by Crippen LogP contribution is 2.52. The molecule has 3 aromatic rings. The van der Waals surface area contributed by atoms with Gasteiger partial charge in [-0.15, -0.1) is 0 Å². The summed E-state index contributed by atoms with van der Waals surface area (Å²) in [4.78, 5) is 6.46. The number of rotatable bonds is 12. The summed E-state index contributed by atoms with van der Waals surface area (Å²) in [5.41, 5.74) is 4.65. The first-order chi connectivity index (χ1) is 18.2. The number of aromatic nitrogens is 1. The smallest absolute Gasteiger partial charge is 0.0627 e. The molecule has 1 aliphatic heterocycles. The van der Waals surface area contributed by atoms with E-state index in [-0.39, 0.29) is 12.0 Å². The van der Waals surface area contributed by atoms with E-state index < -0.39 is 11.5 Å². The minimum Gasteiger partial charge on any atom is -0.393 e. The van der Waals surface area contributed by atoms with E-state index in [1.165, 1.54) is 27.7 Å². The number of fused-ring (bicyclic) bond motifs is 7. The Labute approximate surface area is 222 Å². The molecule has 37 heavy (non-hydrogen) atoms. The molecular weight excluding hydrogens is 460 g/mol. The van der Waals surface area contributed by atoms with Gasteiger partial charge in [0.25, 0.3) is 0 Å². The van der Waals surface area contributed by atoms with Gasteiger partial charge in [-0.3, -0.25) is 4.90 Å². The Kier molecular flexibility index (Phi) is 8.66. The van der Waals surface area contributed by atoms with Crippen LogP contribution in [0.2, 0.25) is 0 Å². The van der Waals surface area contributed by atoms with Crippen LogP contribution in [0.15, 0.2) is 54.6 Å². The summed E-state index contributed by atoms with van der Waals surface area (Å²) in [7, 11) is 0. The summed E-state index contributed by atoms with van der Waals surface area (Å²) in [6.45, 7) is 8.88. The van der Waals surface area contributed by atoms with Crippen LogP contribution < -0.4 is 0 Å².